The molecule has 4 aromatic carbocycles. The number of rotatable bonds is 10. The van der Waals surface area contributed by atoms with Gasteiger partial charge in [0.1, 0.15) is 11.0 Å². The molecule has 0 amide bonds. The van der Waals surface area contributed by atoms with E-state index in [1.165, 1.54) is 11.1 Å². The van der Waals surface area contributed by atoms with Crippen LogP contribution in [0.1, 0.15) is 61.8 Å². The lowest BCUT2D eigenvalue weighted by molar-refractivity contribution is 0.794. The van der Waals surface area contributed by atoms with Crippen LogP contribution in [0.2, 0.25) is 0 Å². The molecule has 0 aliphatic heterocycles. The number of fused-ring (bicyclic) bond motifs is 3. The summed E-state index contributed by atoms with van der Waals surface area (Å²) >= 11 is 0. The van der Waals surface area contributed by atoms with Crippen LogP contribution in [0, 0.1) is 0 Å². The van der Waals surface area contributed by atoms with Crippen molar-refractivity contribution in [3.8, 4) is 0 Å². The van der Waals surface area contributed by atoms with Crippen molar-refractivity contribution < 1.29 is 0 Å². The number of unbranched alkanes of at least 4 members (excludes halogenated alkanes) is 2. The number of aryl methyl sites for hydroxylation is 2. The molecule has 1 aromatic heterocycles. The number of hydrogen-bond acceptors (Lipinski definition) is 4. The third-order valence-corrected chi connectivity index (χ3v) is 6.95. The second-order valence-electron chi connectivity index (χ2n) is 9.66. The highest BCUT2D eigenvalue weighted by atomic mass is 15.1. The highest BCUT2D eigenvalue weighted by molar-refractivity contribution is 6.13. The first-order valence-electron chi connectivity index (χ1n) is 13.7. The Kier molecular flexibility index (Phi) is 8.29. The summed E-state index contributed by atoms with van der Waals surface area (Å²) in [4.78, 5) is 9.58. The number of para-hydroxylation sites is 2. The van der Waals surface area contributed by atoms with Crippen LogP contribution in [0.3, 0.4) is 0 Å². The van der Waals surface area contributed by atoms with E-state index in [1.807, 2.05) is 73.1 Å². The minimum absolute atomic E-state index is 0.901. The molecule has 0 saturated heterocycles. The Labute approximate surface area is 225 Å². The van der Waals surface area contributed by atoms with Gasteiger partial charge < -0.3 is 0 Å². The summed E-state index contributed by atoms with van der Waals surface area (Å²) in [6.07, 6.45) is 10.5. The van der Waals surface area contributed by atoms with Crippen molar-refractivity contribution in [1.29, 1.82) is 0 Å². The predicted molar refractivity (Wildman–Crippen MR) is 162 cm³/mol. The number of aliphatic imine (C=N–C) groups is 2. The number of hydrogen-bond donors (Lipinski definition) is 0. The summed E-state index contributed by atoms with van der Waals surface area (Å²) in [7, 11) is 0. The first-order chi connectivity index (χ1) is 18.8. The van der Waals surface area contributed by atoms with E-state index in [1.54, 1.807) is 0 Å². The molecule has 190 valence electrons. The molecule has 0 unspecified atom stereocenters. The normalized spacial score (nSPS) is 11.8. The van der Waals surface area contributed by atoms with E-state index in [9.17, 15) is 0 Å². The second kappa shape index (κ2) is 12.4. The van der Waals surface area contributed by atoms with E-state index in [4.69, 9.17) is 20.2 Å². The highest BCUT2D eigenvalue weighted by Crippen LogP contribution is 2.30. The number of aromatic nitrogens is 2. The van der Waals surface area contributed by atoms with E-state index in [0.29, 0.717) is 0 Å². The number of benzene rings is 4. The maximum Gasteiger partial charge on any atom is 0.103 e. The summed E-state index contributed by atoms with van der Waals surface area (Å²) in [5.41, 5.74) is 8.30. The van der Waals surface area contributed by atoms with Gasteiger partial charge in [0, 0.05) is 34.3 Å². The lowest BCUT2D eigenvalue weighted by Gasteiger charge is -2.13. The Balaban J connectivity index is 1.67. The zero-order valence-corrected chi connectivity index (χ0v) is 22.3. The van der Waals surface area contributed by atoms with Gasteiger partial charge in [0.05, 0.1) is 11.4 Å². The Hall–Kier alpha value is -4.18. The van der Waals surface area contributed by atoms with Gasteiger partial charge in [0.25, 0.3) is 0 Å². The summed E-state index contributed by atoms with van der Waals surface area (Å²) in [5.74, 6) is 0. The smallest absolute Gasteiger partial charge is 0.103 e. The van der Waals surface area contributed by atoms with Crippen LogP contribution in [-0.2, 0) is 12.8 Å². The van der Waals surface area contributed by atoms with Crippen molar-refractivity contribution in [2.75, 3.05) is 0 Å². The quantitative estimate of drug-likeness (QED) is 0.142. The lowest BCUT2D eigenvalue weighted by atomic mass is 9.95. The average molecular weight is 499 g/mol. The van der Waals surface area contributed by atoms with Crippen LogP contribution in [0.25, 0.3) is 21.8 Å². The predicted octanol–water partition coefficient (Wildman–Crippen LogP) is 8.97. The van der Waals surface area contributed by atoms with Crippen LogP contribution < -0.4 is 0 Å². The maximum atomic E-state index is 4.82. The first-order valence-corrected chi connectivity index (χ1v) is 13.7. The molecule has 4 nitrogen and oxygen atoms in total. The molecule has 0 N–H and O–H groups in total. The van der Waals surface area contributed by atoms with Crippen molar-refractivity contribution >= 4 is 45.6 Å². The molecule has 0 fully saturated rings. The molecule has 0 aliphatic carbocycles. The Morgan fingerprint density at radius 2 is 0.974 bits per heavy atom. The molecule has 38 heavy (non-hydrogen) atoms. The molecule has 1 heterocycles. The largest absolute Gasteiger partial charge is 0.256 e. The van der Waals surface area contributed by atoms with Gasteiger partial charge in [-0.15, -0.1) is 10.2 Å². The third-order valence-electron chi connectivity index (χ3n) is 6.95. The van der Waals surface area contributed by atoms with Crippen LogP contribution in [0.5, 0.6) is 0 Å². The average Bonchev–Trinajstić information content (AvgIpc) is 2.97. The van der Waals surface area contributed by atoms with E-state index >= 15 is 0 Å². The summed E-state index contributed by atoms with van der Waals surface area (Å²) in [6.45, 7) is 4.45. The molecule has 0 aliphatic rings. The van der Waals surface area contributed by atoms with Crippen molar-refractivity contribution in [2.24, 2.45) is 9.98 Å². The Morgan fingerprint density at radius 1 is 0.553 bits per heavy atom. The molecule has 4 heteroatoms. The Morgan fingerprint density at radius 3 is 1.37 bits per heavy atom. The van der Waals surface area contributed by atoms with Crippen LogP contribution in [-0.4, -0.2) is 22.6 Å². The van der Waals surface area contributed by atoms with Gasteiger partial charge in [0.15, 0.2) is 0 Å². The molecular weight excluding hydrogens is 464 g/mol. The molecular formula is C34H34N4. The third kappa shape index (κ3) is 5.70. The standard InChI is InChI=1S/C34H34N4/c1-3-5-13-25-19-21-29-30-22-20-26(14-6-4-2)32(24-36-28-17-11-8-12-18-28)34(30)38-37-33(29)31(25)23-35-27-15-9-7-10-16-27/h7-12,15-24H,3-6,13-14H2,1-2H3/b35-23+,36-24+. The van der Waals surface area contributed by atoms with Crippen molar-refractivity contribution in [1.82, 2.24) is 10.2 Å². The lowest BCUT2D eigenvalue weighted by Crippen LogP contribution is -2.02. The molecule has 0 radical (unpaired) electrons. The van der Waals surface area contributed by atoms with Gasteiger partial charge in [-0.05, 0) is 61.1 Å². The summed E-state index contributed by atoms with van der Waals surface area (Å²) < 4.78 is 0. The van der Waals surface area contributed by atoms with E-state index in [0.717, 1.165) is 82.8 Å². The zero-order valence-electron chi connectivity index (χ0n) is 22.3. The minimum Gasteiger partial charge on any atom is -0.256 e. The van der Waals surface area contributed by atoms with Crippen LogP contribution in [0.15, 0.2) is 94.9 Å². The van der Waals surface area contributed by atoms with Gasteiger partial charge in [-0.25, -0.2) is 0 Å². The van der Waals surface area contributed by atoms with Gasteiger partial charge >= 0.3 is 0 Å². The van der Waals surface area contributed by atoms with Crippen molar-refractivity contribution in [3.05, 3.63) is 107 Å². The Bertz CT molecular complexity index is 1450. The van der Waals surface area contributed by atoms with E-state index in [-0.39, 0.29) is 0 Å². The summed E-state index contributed by atoms with van der Waals surface area (Å²) in [5, 5.41) is 11.8. The molecule has 5 aromatic rings. The number of nitrogens with zero attached hydrogens (tertiary/aromatic N) is 4. The maximum absolute atomic E-state index is 4.82. The van der Waals surface area contributed by atoms with Crippen LogP contribution in [0.4, 0.5) is 11.4 Å². The molecule has 0 saturated carbocycles. The zero-order chi connectivity index (χ0) is 26.2. The fourth-order valence-electron chi connectivity index (χ4n) is 4.81. The van der Waals surface area contributed by atoms with Crippen molar-refractivity contribution in [3.63, 3.8) is 0 Å². The monoisotopic (exact) mass is 498 g/mol. The van der Waals surface area contributed by atoms with Gasteiger partial charge in [-0.3, -0.25) is 9.98 Å². The SMILES string of the molecule is CCCCc1ccc2c(nnc3c(/C=N/c4ccccc4)c(CCCC)ccc32)c1/C=N/c1ccccc1. The molecule has 0 spiro atoms. The fraction of sp³-hybridized carbons (Fsp3) is 0.235. The summed E-state index contributed by atoms with van der Waals surface area (Å²) in [6, 6.07) is 29.0. The van der Waals surface area contributed by atoms with Crippen molar-refractivity contribution in [2.45, 2.75) is 52.4 Å². The second-order valence-corrected chi connectivity index (χ2v) is 9.66. The van der Waals surface area contributed by atoms with Gasteiger partial charge in [0.2, 0.25) is 0 Å². The van der Waals surface area contributed by atoms with Crippen LogP contribution >= 0.6 is 0 Å². The molecule has 5 rings (SSSR count). The van der Waals surface area contributed by atoms with Gasteiger partial charge in [-0.1, -0.05) is 87.4 Å². The minimum atomic E-state index is 0.901. The van der Waals surface area contributed by atoms with Gasteiger partial charge in [-0.2, -0.15) is 0 Å². The highest BCUT2D eigenvalue weighted by Gasteiger charge is 2.15. The van der Waals surface area contributed by atoms with E-state index < -0.39 is 0 Å². The topological polar surface area (TPSA) is 50.5 Å². The molecule has 0 atom stereocenters. The fourth-order valence-corrected chi connectivity index (χ4v) is 4.81. The molecule has 0 bridgehead atoms. The first kappa shape index (κ1) is 25.5. The van der Waals surface area contributed by atoms with E-state index in [2.05, 4.69) is 38.1 Å².